The summed E-state index contributed by atoms with van der Waals surface area (Å²) in [5.74, 6) is 2.17. The molecule has 34 heavy (non-hydrogen) atoms. The van der Waals surface area contributed by atoms with Crippen LogP contribution in [0.5, 0.6) is 11.5 Å². The number of ether oxygens (including phenoxy) is 3. The summed E-state index contributed by atoms with van der Waals surface area (Å²) < 4.78 is 18.8. The van der Waals surface area contributed by atoms with Gasteiger partial charge in [-0.15, -0.1) is 11.3 Å². The lowest BCUT2D eigenvalue weighted by Crippen LogP contribution is -2.32. The van der Waals surface area contributed by atoms with Crippen LogP contribution >= 0.6 is 23.1 Å². The molecule has 0 saturated carbocycles. The first-order valence-corrected chi connectivity index (χ1v) is 13.0. The van der Waals surface area contributed by atoms with E-state index in [2.05, 4.69) is 13.8 Å². The van der Waals surface area contributed by atoms with Crippen molar-refractivity contribution in [3.63, 3.8) is 0 Å². The van der Waals surface area contributed by atoms with Crippen molar-refractivity contribution in [1.29, 1.82) is 0 Å². The Morgan fingerprint density at radius 1 is 1.15 bits per heavy atom. The highest BCUT2D eigenvalue weighted by Crippen LogP contribution is 2.39. The van der Waals surface area contributed by atoms with Gasteiger partial charge in [0, 0.05) is 17.1 Å². The molecule has 0 N–H and O–H groups in total. The van der Waals surface area contributed by atoms with Crippen molar-refractivity contribution in [2.45, 2.75) is 50.3 Å². The molecule has 0 unspecified atom stereocenters. The maximum atomic E-state index is 14.0. The fraction of sp³-hybridized carbons (Fsp3) is 0.308. The summed E-state index contributed by atoms with van der Waals surface area (Å²) in [4.78, 5) is 21.0. The summed E-state index contributed by atoms with van der Waals surface area (Å²) in [5.41, 5.74) is 3.75. The van der Waals surface area contributed by atoms with E-state index in [1.165, 1.54) is 0 Å². The SMILES string of the molecule is Cc1ccccc1-n1c(SCc2ccc3c(c2)OCO3)nc2sc3c(c2c1=O)CC(C)(C)OC3. The normalized spacial score (nSPS) is 16.1. The van der Waals surface area contributed by atoms with E-state index in [4.69, 9.17) is 19.2 Å². The second-order valence-corrected chi connectivity index (χ2v) is 11.2. The Hall–Kier alpha value is -2.81. The number of benzene rings is 2. The number of aromatic nitrogens is 2. The van der Waals surface area contributed by atoms with Gasteiger partial charge in [-0.05, 0) is 55.7 Å². The van der Waals surface area contributed by atoms with Crippen LogP contribution in [0.15, 0.2) is 52.4 Å². The molecule has 0 amide bonds. The van der Waals surface area contributed by atoms with Crippen LogP contribution in [-0.2, 0) is 23.5 Å². The fourth-order valence-corrected chi connectivity index (χ4v) is 6.57. The zero-order chi connectivity index (χ0) is 23.4. The number of fused-ring (bicyclic) bond motifs is 4. The number of thiophene rings is 1. The lowest BCUT2D eigenvalue weighted by atomic mass is 9.94. The Morgan fingerprint density at radius 2 is 1.97 bits per heavy atom. The largest absolute Gasteiger partial charge is 0.454 e. The quantitative estimate of drug-likeness (QED) is 0.272. The predicted octanol–water partition coefficient (Wildman–Crippen LogP) is 5.63. The molecule has 0 aliphatic carbocycles. The molecule has 0 atom stereocenters. The first-order chi connectivity index (χ1) is 16.4. The van der Waals surface area contributed by atoms with Gasteiger partial charge < -0.3 is 14.2 Å². The predicted molar refractivity (Wildman–Crippen MR) is 135 cm³/mol. The molecule has 4 heterocycles. The number of rotatable bonds is 4. The van der Waals surface area contributed by atoms with Gasteiger partial charge in [-0.25, -0.2) is 4.98 Å². The Labute approximate surface area is 205 Å². The van der Waals surface area contributed by atoms with Crippen LogP contribution < -0.4 is 15.0 Å². The van der Waals surface area contributed by atoms with E-state index < -0.39 is 0 Å². The minimum absolute atomic E-state index is 0.0114. The van der Waals surface area contributed by atoms with Crippen LogP contribution in [0.25, 0.3) is 15.9 Å². The van der Waals surface area contributed by atoms with Crippen molar-refractivity contribution in [3.8, 4) is 17.2 Å². The molecule has 8 heteroatoms. The highest BCUT2D eigenvalue weighted by molar-refractivity contribution is 7.98. The van der Waals surface area contributed by atoms with Gasteiger partial charge in [0.2, 0.25) is 6.79 Å². The van der Waals surface area contributed by atoms with Crippen LogP contribution in [-0.4, -0.2) is 21.9 Å². The molecular weight excluding hydrogens is 468 g/mol. The van der Waals surface area contributed by atoms with Gasteiger partial charge in [-0.3, -0.25) is 9.36 Å². The van der Waals surface area contributed by atoms with Gasteiger partial charge in [0.1, 0.15) is 4.83 Å². The molecule has 2 aromatic carbocycles. The summed E-state index contributed by atoms with van der Waals surface area (Å²) in [5, 5.41) is 1.41. The van der Waals surface area contributed by atoms with Crippen molar-refractivity contribution in [2.75, 3.05) is 6.79 Å². The van der Waals surface area contributed by atoms with Crippen LogP contribution in [0, 0.1) is 6.92 Å². The highest BCUT2D eigenvalue weighted by atomic mass is 32.2. The van der Waals surface area contributed by atoms with Crippen LogP contribution in [0.1, 0.15) is 35.4 Å². The summed E-state index contributed by atoms with van der Waals surface area (Å²) >= 11 is 3.13. The highest BCUT2D eigenvalue weighted by Gasteiger charge is 2.31. The molecule has 0 fully saturated rings. The fourth-order valence-electron chi connectivity index (χ4n) is 4.48. The Kier molecular flexibility index (Phi) is 5.20. The van der Waals surface area contributed by atoms with Crippen LogP contribution in [0.2, 0.25) is 0 Å². The average molecular weight is 493 g/mol. The van der Waals surface area contributed by atoms with E-state index in [-0.39, 0.29) is 18.0 Å². The first-order valence-electron chi connectivity index (χ1n) is 11.2. The van der Waals surface area contributed by atoms with E-state index in [1.807, 2.05) is 49.4 Å². The van der Waals surface area contributed by atoms with Gasteiger partial charge >= 0.3 is 0 Å². The molecular formula is C26H24N2O4S2. The van der Waals surface area contributed by atoms with Gasteiger partial charge in [0.05, 0.1) is 23.3 Å². The molecule has 2 aromatic heterocycles. The molecule has 2 aliphatic rings. The third-order valence-electron chi connectivity index (χ3n) is 6.24. The number of nitrogens with zero attached hydrogens (tertiary/aromatic N) is 2. The third-order valence-corrected chi connectivity index (χ3v) is 8.34. The molecule has 0 spiro atoms. The second kappa shape index (κ2) is 8.15. The Bertz CT molecular complexity index is 1490. The van der Waals surface area contributed by atoms with E-state index in [0.29, 0.717) is 23.9 Å². The third kappa shape index (κ3) is 3.70. The summed E-state index contributed by atoms with van der Waals surface area (Å²) in [6.07, 6.45) is 0.705. The average Bonchev–Trinajstić information content (AvgIpc) is 3.41. The summed E-state index contributed by atoms with van der Waals surface area (Å²) in [7, 11) is 0. The summed E-state index contributed by atoms with van der Waals surface area (Å²) in [6.45, 7) is 6.94. The van der Waals surface area contributed by atoms with E-state index in [1.54, 1.807) is 27.7 Å². The van der Waals surface area contributed by atoms with Crippen LogP contribution in [0.3, 0.4) is 0 Å². The van der Waals surface area contributed by atoms with Gasteiger partial charge in [0.15, 0.2) is 16.7 Å². The molecule has 0 bridgehead atoms. The first kappa shape index (κ1) is 21.7. The minimum Gasteiger partial charge on any atom is -0.454 e. The van der Waals surface area contributed by atoms with Gasteiger partial charge in [0.25, 0.3) is 5.56 Å². The molecule has 0 radical (unpaired) electrons. The lowest BCUT2D eigenvalue weighted by Gasteiger charge is -2.30. The molecule has 174 valence electrons. The molecule has 2 aliphatic heterocycles. The van der Waals surface area contributed by atoms with Crippen molar-refractivity contribution >= 4 is 33.3 Å². The standard InChI is InChI=1S/C26H24N2O4S2/c1-15-6-4-5-7-18(15)28-24(29)22-17-11-26(2,3)32-12-21(17)34-23(22)27-25(28)33-13-16-8-9-19-20(10-16)31-14-30-19/h4-10H,11-14H2,1-3H3. The van der Waals surface area contributed by atoms with Crippen molar-refractivity contribution < 1.29 is 14.2 Å². The molecule has 0 saturated heterocycles. The minimum atomic E-state index is -0.298. The second-order valence-electron chi connectivity index (χ2n) is 9.21. The van der Waals surface area contributed by atoms with E-state index >= 15 is 0 Å². The number of hydrogen-bond donors (Lipinski definition) is 0. The van der Waals surface area contributed by atoms with Crippen molar-refractivity contribution in [3.05, 3.63) is 74.4 Å². The van der Waals surface area contributed by atoms with Crippen LogP contribution in [0.4, 0.5) is 0 Å². The van der Waals surface area contributed by atoms with Gasteiger partial charge in [-0.2, -0.15) is 0 Å². The molecule has 6 rings (SSSR count). The van der Waals surface area contributed by atoms with Crippen molar-refractivity contribution in [1.82, 2.24) is 9.55 Å². The molecule has 6 nitrogen and oxygen atoms in total. The topological polar surface area (TPSA) is 62.6 Å². The number of hydrogen-bond acceptors (Lipinski definition) is 7. The van der Waals surface area contributed by atoms with Crippen molar-refractivity contribution in [2.24, 2.45) is 0 Å². The zero-order valence-corrected chi connectivity index (χ0v) is 20.8. The number of thioether (sulfide) groups is 1. The Balaban J connectivity index is 1.48. The van der Waals surface area contributed by atoms with E-state index in [0.717, 1.165) is 49.0 Å². The van der Waals surface area contributed by atoms with E-state index in [9.17, 15) is 4.79 Å². The smallest absolute Gasteiger partial charge is 0.267 e. The Morgan fingerprint density at radius 3 is 2.82 bits per heavy atom. The van der Waals surface area contributed by atoms with Gasteiger partial charge in [-0.1, -0.05) is 36.0 Å². The zero-order valence-electron chi connectivity index (χ0n) is 19.2. The number of para-hydroxylation sites is 1. The maximum absolute atomic E-state index is 14.0. The monoisotopic (exact) mass is 492 g/mol. The number of aryl methyl sites for hydroxylation is 1. The lowest BCUT2D eigenvalue weighted by molar-refractivity contribution is -0.0379. The molecule has 4 aromatic rings. The summed E-state index contributed by atoms with van der Waals surface area (Å²) in [6, 6.07) is 13.9. The maximum Gasteiger partial charge on any atom is 0.267 e.